The van der Waals surface area contributed by atoms with E-state index in [4.69, 9.17) is 9.47 Å². The van der Waals surface area contributed by atoms with E-state index in [2.05, 4.69) is 49.2 Å². The molecule has 8 nitrogen and oxygen atoms in total. The summed E-state index contributed by atoms with van der Waals surface area (Å²) in [6.45, 7) is 9.09. The molecular weight excluding hydrogens is 495 g/mol. The average molecular weight is 532 g/mol. The van der Waals surface area contributed by atoms with E-state index in [1.165, 1.54) is 5.56 Å². The lowest BCUT2D eigenvalue weighted by molar-refractivity contribution is 0.0536. The second kappa shape index (κ2) is 13.3. The molecule has 3 heterocycles. The minimum Gasteiger partial charge on any atom is -0.382 e. The Kier molecular flexibility index (Phi) is 11.1. The standard InChI is InChI=1S/C21H36N6O2.HI/c1-22-21(27-7-6-19(16-27)17-29-13-12-28-3)24-15-18-4-5-20(23-14-18)26-10-8-25(2)9-11-26;/h4-5,14,19H,6-13,15-17H2,1-3H3,(H,22,24);1H. The number of halogens is 1. The van der Waals surface area contributed by atoms with E-state index in [1.54, 1.807) is 7.11 Å². The highest BCUT2D eigenvalue weighted by atomic mass is 127. The minimum absolute atomic E-state index is 0. The van der Waals surface area contributed by atoms with E-state index in [0.29, 0.717) is 19.1 Å². The Labute approximate surface area is 198 Å². The molecule has 2 aliphatic rings. The maximum Gasteiger partial charge on any atom is 0.193 e. The largest absolute Gasteiger partial charge is 0.382 e. The highest BCUT2D eigenvalue weighted by Gasteiger charge is 2.25. The fraction of sp³-hybridized carbons (Fsp3) is 0.714. The zero-order valence-electron chi connectivity index (χ0n) is 18.5. The van der Waals surface area contributed by atoms with E-state index in [9.17, 15) is 0 Å². The van der Waals surface area contributed by atoms with Crippen LogP contribution in [0.1, 0.15) is 12.0 Å². The first kappa shape index (κ1) is 25.1. The van der Waals surface area contributed by atoms with Gasteiger partial charge >= 0.3 is 0 Å². The van der Waals surface area contributed by atoms with Crippen molar-refractivity contribution in [3.8, 4) is 0 Å². The first-order valence-corrected chi connectivity index (χ1v) is 10.6. The van der Waals surface area contributed by atoms with E-state index < -0.39 is 0 Å². The van der Waals surface area contributed by atoms with Crippen LogP contribution in [0.4, 0.5) is 5.82 Å². The molecule has 0 radical (unpaired) electrons. The van der Waals surface area contributed by atoms with Crippen molar-refractivity contribution in [2.75, 3.05) is 85.2 Å². The molecule has 1 aromatic rings. The first-order valence-electron chi connectivity index (χ1n) is 10.6. The molecule has 0 bridgehead atoms. The molecule has 30 heavy (non-hydrogen) atoms. The van der Waals surface area contributed by atoms with Crippen LogP contribution in [-0.4, -0.2) is 101 Å². The number of pyridine rings is 1. The number of anilines is 1. The molecule has 2 saturated heterocycles. The Balaban J connectivity index is 0.00000320. The van der Waals surface area contributed by atoms with Crippen molar-refractivity contribution in [2.24, 2.45) is 10.9 Å². The SMILES string of the molecule is CN=C(NCc1ccc(N2CCN(C)CC2)nc1)N1CCC(COCCOC)C1.I. The topological polar surface area (TPSA) is 65.5 Å². The fourth-order valence-corrected chi connectivity index (χ4v) is 3.81. The fourth-order valence-electron chi connectivity index (χ4n) is 3.81. The van der Waals surface area contributed by atoms with Crippen LogP contribution in [0.2, 0.25) is 0 Å². The summed E-state index contributed by atoms with van der Waals surface area (Å²) in [7, 11) is 5.72. The third kappa shape index (κ3) is 7.51. The minimum atomic E-state index is 0. The number of methoxy groups -OCH3 is 1. The molecule has 170 valence electrons. The number of aliphatic imine (C=N–C) groups is 1. The Morgan fingerprint density at radius 3 is 2.67 bits per heavy atom. The van der Waals surface area contributed by atoms with Crippen molar-refractivity contribution >= 4 is 35.8 Å². The maximum absolute atomic E-state index is 5.69. The summed E-state index contributed by atoms with van der Waals surface area (Å²) in [6, 6.07) is 4.30. The van der Waals surface area contributed by atoms with Crippen molar-refractivity contribution in [3.63, 3.8) is 0 Å². The Hall–Kier alpha value is -1.17. The molecule has 0 amide bonds. The van der Waals surface area contributed by atoms with Crippen molar-refractivity contribution in [2.45, 2.75) is 13.0 Å². The highest BCUT2D eigenvalue weighted by molar-refractivity contribution is 14.0. The van der Waals surface area contributed by atoms with Gasteiger partial charge in [0, 0.05) is 72.1 Å². The molecule has 1 aromatic heterocycles. The van der Waals surface area contributed by atoms with Gasteiger partial charge in [0.05, 0.1) is 19.8 Å². The van der Waals surface area contributed by atoms with Gasteiger partial charge in [0.25, 0.3) is 0 Å². The molecule has 3 rings (SSSR count). The van der Waals surface area contributed by atoms with Crippen molar-refractivity contribution < 1.29 is 9.47 Å². The number of rotatable bonds is 8. The Morgan fingerprint density at radius 2 is 2.00 bits per heavy atom. The molecular formula is C21H37IN6O2. The van der Waals surface area contributed by atoms with E-state index in [0.717, 1.165) is 70.6 Å². The number of aromatic nitrogens is 1. The predicted octanol–water partition coefficient (Wildman–Crippen LogP) is 1.51. The van der Waals surface area contributed by atoms with Gasteiger partial charge in [-0.25, -0.2) is 4.98 Å². The average Bonchev–Trinajstić information content (AvgIpc) is 3.21. The van der Waals surface area contributed by atoms with Gasteiger partial charge in [-0.3, -0.25) is 4.99 Å². The van der Waals surface area contributed by atoms with Crippen LogP contribution >= 0.6 is 24.0 Å². The lowest BCUT2D eigenvalue weighted by atomic mass is 10.1. The smallest absolute Gasteiger partial charge is 0.193 e. The summed E-state index contributed by atoms with van der Waals surface area (Å²) in [4.78, 5) is 16.2. The highest BCUT2D eigenvalue weighted by Crippen LogP contribution is 2.17. The monoisotopic (exact) mass is 532 g/mol. The molecule has 1 unspecified atom stereocenters. The van der Waals surface area contributed by atoms with Crippen molar-refractivity contribution in [1.29, 1.82) is 0 Å². The molecule has 0 saturated carbocycles. The Morgan fingerprint density at radius 1 is 1.20 bits per heavy atom. The van der Waals surface area contributed by atoms with Gasteiger partial charge in [0.2, 0.25) is 0 Å². The molecule has 2 aliphatic heterocycles. The summed E-state index contributed by atoms with van der Waals surface area (Å²) in [5.74, 6) is 2.57. The summed E-state index contributed by atoms with van der Waals surface area (Å²) < 4.78 is 10.7. The van der Waals surface area contributed by atoms with Crippen LogP contribution in [0, 0.1) is 5.92 Å². The van der Waals surface area contributed by atoms with Crippen molar-refractivity contribution in [1.82, 2.24) is 20.1 Å². The second-order valence-corrected chi connectivity index (χ2v) is 7.88. The molecule has 0 spiro atoms. The number of piperazine rings is 1. The van der Waals surface area contributed by atoms with Gasteiger partial charge in [-0.2, -0.15) is 0 Å². The third-order valence-electron chi connectivity index (χ3n) is 5.67. The van der Waals surface area contributed by atoms with Crippen LogP contribution in [0.5, 0.6) is 0 Å². The van der Waals surface area contributed by atoms with Crippen LogP contribution in [0.15, 0.2) is 23.3 Å². The number of likely N-dealkylation sites (N-methyl/N-ethyl adjacent to an activating group) is 1. The summed E-state index contributed by atoms with van der Waals surface area (Å²) in [5.41, 5.74) is 1.17. The normalized spacial score (nSPS) is 20.4. The lowest BCUT2D eigenvalue weighted by Crippen LogP contribution is -2.44. The van der Waals surface area contributed by atoms with Gasteiger partial charge < -0.3 is 29.5 Å². The number of nitrogens with one attached hydrogen (secondary N) is 1. The Bertz CT molecular complexity index is 637. The number of nitrogens with zero attached hydrogens (tertiary/aromatic N) is 5. The second-order valence-electron chi connectivity index (χ2n) is 7.88. The number of hydrogen-bond donors (Lipinski definition) is 1. The number of ether oxygens (including phenoxy) is 2. The number of guanidine groups is 1. The van der Waals surface area contributed by atoms with Crippen LogP contribution in [0.3, 0.4) is 0 Å². The van der Waals surface area contributed by atoms with E-state index in [1.807, 2.05) is 13.2 Å². The molecule has 9 heteroatoms. The first-order chi connectivity index (χ1) is 14.2. The summed E-state index contributed by atoms with van der Waals surface area (Å²) >= 11 is 0. The molecule has 1 N–H and O–H groups in total. The van der Waals surface area contributed by atoms with Gasteiger partial charge in [0.15, 0.2) is 5.96 Å². The van der Waals surface area contributed by atoms with Gasteiger partial charge in [-0.05, 0) is 25.1 Å². The van der Waals surface area contributed by atoms with Gasteiger partial charge in [-0.15, -0.1) is 24.0 Å². The third-order valence-corrected chi connectivity index (χ3v) is 5.67. The van der Waals surface area contributed by atoms with Crippen LogP contribution < -0.4 is 10.2 Å². The summed E-state index contributed by atoms with van der Waals surface area (Å²) in [5, 5.41) is 3.48. The van der Waals surface area contributed by atoms with E-state index in [-0.39, 0.29) is 24.0 Å². The van der Waals surface area contributed by atoms with Gasteiger partial charge in [0.1, 0.15) is 5.82 Å². The molecule has 0 aliphatic carbocycles. The zero-order valence-corrected chi connectivity index (χ0v) is 20.9. The molecule has 0 aromatic carbocycles. The quantitative estimate of drug-likeness (QED) is 0.236. The predicted molar refractivity (Wildman–Crippen MR) is 132 cm³/mol. The van der Waals surface area contributed by atoms with Crippen molar-refractivity contribution in [3.05, 3.63) is 23.9 Å². The van der Waals surface area contributed by atoms with E-state index >= 15 is 0 Å². The molecule has 2 fully saturated rings. The lowest BCUT2D eigenvalue weighted by Gasteiger charge is -2.33. The zero-order chi connectivity index (χ0) is 20.5. The number of likely N-dealkylation sites (tertiary alicyclic amines) is 1. The molecule has 1 atom stereocenters. The summed E-state index contributed by atoms with van der Waals surface area (Å²) in [6.07, 6.45) is 3.11. The van der Waals surface area contributed by atoms with Crippen LogP contribution in [0.25, 0.3) is 0 Å². The number of hydrogen-bond acceptors (Lipinski definition) is 6. The maximum atomic E-state index is 5.69. The van der Waals surface area contributed by atoms with Gasteiger partial charge in [-0.1, -0.05) is 6.07 Å². The van der Waals surface area contributed by atoms with Crippen LogP contribution in [-0.2, 0) is 16.0 Å².